The number of rotatable bonds is 9. The van der Waals surface area contributed by atoms with Crippen molar-refractivity contribution in [2.24, 2.45) is 23.2 Å². The zero-order valence-corrected chi connectivity index (χ0v) is 16.0. The maximum absolute atomic E-state index is 13.0. The average molecular weight is 390 g/mol. The molecule has 0 aromatic rings. The monoisotopic (exact) mass is 390 g/mol. The lowest BCUT2D eigenvalue weighted by Gasteiger charge is -2.48. The fourth-order valence-corrected chi connectivity index (χ4v) is 4.49. The van der Waals surface area contributed by atoms with Gasteiger partial charge in [-0.1, -0.05) is 20.3 Å². The molecule has 0 N–H and O–H groups in total. The Morgan fingerprint density at radius 3 is 2.63 bits per heavy atom. The van der Waals surface area contributed by atoms with Crippen LogP contribution in [0.2, 0.25) is 0 Å². The quantitative estimate of drug-likeness (QED) is 0.445. The van der Waals surface area contributed by atoms with E-state index in [1.807, 2.05) is 13.8 Å². The number of fused-ring (bicyclic) bond motifs is 2. The second kappa shape index (κ2) is 8.63. The second-order valence-electron chi connectivity index (χ2n) is 7.98. The van der Waals surface area contributed by atoms with Gasteiger partial charge >= 0.3 is 12.1 Å². The smallest absolute Gasteiger partial charge is 0.353 e. The lowest BCUT2D eigenvalue weighted by Crippen LogP contribution is -2.50. The van der Waals surface area contributed by atoms with E-state index in [-0.39, 0.29) is 36.6 Å². The number of Topliss-reactive ketones (excluding diaryl/α,β-unsaturated/α-hetero) is 1. The zero-order chi connectivity index (χ0) is 20.2. The largest absolute Gasteiger partial charge is 0.464 e. The molecule has 5 unspecified atom stereocenters. The molecule has 0 spiro atoms. The Morgan fingerprint density at radius 2 is 2.04 bits per heavy atom. The van der Waals surface area contributed by atoms with Crippen molar-refractivity contribution < 1.29 is 37.4 Å². The Hall–Kier alpha value is -1.57. The molecule has 2 rings (SSSR count). The number of esters is 1. The van der Waals surface area contributed by atoms with E-state index in [4.69, 9.17) is 4.74 Å². The standard InChI is InChI=1S/C19H28F2O6/c1-4-13-5-14-8-19(7-13,6-12(2)16(14)23)17(24)27-15(9-25-11-22)10-26-18(3,20)21/h11-15H,4-10H2,1-3H3. The average Bonchev–Trinajstić information content (AvgIpc) is 2.60. The Balaban J connectivity index is 2.13. The van der Waals surface area contributed by atoms with Crippen LogP contribution in [0.25, 0.3) is 0 Å². The first-order valence-electron chi connectivity index (χ1n) is 9.42. The van der Waals surface area contributed by atoms with Gasteiger partial charge in [-0.25, -0.2) is 0 Å². The van der Waals surface area contributed by atoms with Gasteiger partial charge in [-0.2, -0.15) is 8.78 Å². The fraction of sp³-hybridized carbons (Fsp3) is 0.842. The minimum atomic E-state index is -3.39. The first kappa shape index (κ1) is 21.7. The summed E-state index contributed by atoms with van der Waals surface area (Å²) in [5.41, 5.74) is -0.801. The Morgan fingerprint density at radius 1 is 1.33 bits per heavy atom. The summed E-state index contributed by atoms with van der Waals surface area (Å²) in [5.74, 6) is -0.497. The minimum Gasteiger partial charge on any atom is -0.464 e. The van der Waals surface area contributed by atoms with Gasteiger partial charge in [-0.15, -0.1) is 0 Å². The predicted octanol–water partition coefficient (Wildman–Crippen LogP) is 3.12. The van der Waals surface area contributed by atoms with E-state index < -0.39 is 30.2 Å². The first-order chi connectivity index (χ1) is 12.6. The third-order valence-electron chi connectivity index (χ3n) is 5.68. The van der Waals surface area contributed by atoms with E-state index >= 15 is 0 Å². The maximum atomic E-state index is 13.0. The molecule has 0 radical (unpaired) electrons. The number of ether oxygens (including phenoxy) is 3. The van der Waals surface area contributed by atoms with Crippen molar-refractivity contribution >= 4 is 18.2 Å². The van der Waals surface area contributed by atoms with Crippen LogP contribution in [0, 0.1) is 23.2 Å². The normalized spacial score (nSPS) is 31.9. The minimum absolute atomic E-state index is 0.161. The van der Waals surface area contributed by atoms with Crippen molar-refractivity contribution in [1.82, 2.24) is 0 Å². The van der Waals surface area contributed by atoms with E-state index in [0.717, 1.165) is 12.8 Å². The molecule has 2 aliphatic rings. The number of halogens is 2. The third kappa shape index (κ3) is 5.46. The van der Waals surface area contributed by atoms with Crippen LogP contribution in [-0.4, -0.2) is 43.7 Å². The molecule has 0 aliphatic heterocycles. The third-order valence-corrected chi connectivity index (χ3v) is 5.68. The molecule has 2 aliphatic carbocycles. The van der Waals surface area contributed by atoms with Crippen LogP contribution in [-0.2, 0) is 28.6 Å². The summed E-state index contributed by atoms with van der Waals surface area (Å²) in [6.07, 6.45) is -1.45. The van der Waals surface area contributed by atoms with E-state index in [9.17, 15) is 23.2 Å². The highest BCUT2D eigenvalue weighted by Crippen LogP contribution is 2.52. The van der Waals surface area contributed by atoms with E-state index in [1.165, 1.54) is 0 Å². The molecule has 2 bridgehead atoms. The second-order valence-corrected chi connectivity index (χ2v) is 7.98. The van der Waals surface area contributed by atoms with Crippen LogP contribution in [0.3, 0.4) is 0 Å². The number of ketones is 1. The molecule has 154 valence electrons. The summed E-state index contributed by atoms with van der Waals surface area (Å²) in [5, 5.41) is 0. The predicted molar refractivity (Wildman–Crippen MR) is 90.8 cm³/mol. The number of carbonyl (C=O) groups excluding carboxylic acids is 3. The van der Waals surface area contributed by atoms with Gasteiger partial charge in [0.05, 0.1) is 12.0 Å². The molecular formula is C19H28F2O6. The topological polar surface area (TPSA) is 78.9 Å². The van der Waals surface area contributed by atoms with E-state index in [1.54, 1.807) is 0 Å². The van der Waals surface area contributed by atoms with Crippen LogP contribution < -0.4 is 0 Å². The molecule has 0 aromatic heterocycles. The zero-order valence-electron chi connectivity index (χ0n) is 16.0. The maximum Gasteiger partial charge on any atom is 0.353 e. The van der Waals surface area contributed by atoms with E-state index in [2.05, 4.69) is 9.47 Å². The Kier molecular flexibility index (Phi) is 6.94. The summed E-state index contributed by atoms with van der Waals surface area (Å²) in [4.78, 5) is 35.9. The SMILES string of the molecule is CCC1CC2CC(C(=O)OC(COC=O)COC(C)(F)F)(C1)CC(C)C2=O. The van der Waals surface area contributed by atoms with Gasteiger partial charge in [0.15, 0.2) is 6.10 Å². The summed E-state index contributed by atoms with van der Waals surface area (Å²) < 4.78 is 40.4. The molecule has 0 amide bonds. The molecule has 0 aromatic carbocycles. The molecule has 2 saturated carbocycles. The molecule has 0 saturated heterocycles. The van der Waals surface area contributed by atoms with Crippen LogP contribution in [0.5, 0.6) is 0 Å². The molecule has 5 atom stereocenters. The lowest BCUT2D eigenvalue weighted by molar-refractivity contribution is -0.241. The van der Waals surface area contributed by atoms with Crippen molar-refractivity contribution in [3.05, 3.63) is 0 Å². The lowest BCUT2D eigenvalue weighted by atomic mass is 9.55. The Labute approximate surface area is 157 Å². The van der Waals surface area contributed by atoms with Gasteiger partial charge in [0.1, 0.15) is 12.4 Å². The van der Waals surface area contributed by atoms with Crippen molar-refractivity contribution in [3.63, 3.8) is 0 Å². The summed E-state index contributed by atoms with van der Waals surface area (Å²) >= 11 is 0. The first-order valence-corrected chi connectivity index (χ1v) is 9.42. The number of hydrogen-bond acceptors (Lipinski definition) is 6. The van der Waals surface area contributed by atoms with Crippen molar-refractivity contribution in [1.29, 1.82) is 0 Å². The highest BCUT2D eigenvalue weighted by atomic mass is 19.3. The van der Waals surface area contributed by atoms with Gasteiger partial charge in [-0.05, 0) is 31.6 Å². The highest BCUT2D eigenvalue weighted by Gasteiger charge is 2.54. The van der Waals surface area contributed by atoms with E-state index in [0.29, 0.717) is 26.2 Å². The van der Waals surface area contributed by atoms with Gasteiger partial charge in [0.25, 0.3) is 6.47 Å². The fourth-order valence-electron chi connectivity index (χ4n) is 4.49. The summed E-state index contributed by atoms with van der Waals surface area (Å²) in [6.45, 7) is 3.63. The molecular weight excluding hydrogens is 362 g/mol. The molecule has 0 heterocycles. The van der Waals surface area contributed by atoms with Crippen LogP contribution in [0.15, 0.2) is 0 Å². The van der Waals surface area contributed by atoms with Crippen molar-refractivity contribution in [2.75, 3.05) is 13.2 Å². The molecule has 6 nitrogen and oxygen atoms in total. The van der Waals surface area contributed by atoms with Crippen molar-refractivity contribution in [2.45, 2.75) is 65.1 Å². The summed E-state index contributed by atoms with van der Waals surface area (Å²) in [7, 11) is 0. The molecule has 2 fully saturated rings. The highest BCUT2D eigenvalue weighted by molar-refractivity contribution is 5.88. The number of hydrogen-bond donors (Lipinski definition) is 0. The van der Waals surface area contributed by atoms with Gasteiger partial charge in [-0.3, -0.25) is 14.4 Å². The molecule has 27 heavy (non-hydrogen) atoms. The van der Waals surface area contributed by atoms with Crippen molar-refractivity contribution in [3.8, 4) is 0 Å². The van der Waals surface area contributed by atoms with Gasteiger partial charge in [0.2, 0.25) is 0 Å². The summed E-state index contributed by atoms with van der Waals surface area (Å²) in [6, 6.07) is 0. The van der Waals surface area contributed by atoms with Crippen LogP contribution in [0.4, 0.5) is 8.78 Å². The number of alkyl halides is 2. The molecule has 8 heteroatoms. The number of carbonyl (C=O) groups is 3. The Bertz CT molecular complexity index is 557. The van der Waals surface area contributed by atoms with Crippen LogP contribution >= 0.6 is 0 Å². The van der Waals surface area contributed by atoms with Gasteiger partial charge < -0.3 is 14.2 Å². The van der Waals surface area contributed by atoms with Crippen LogP contribution in [0.1, 0.15) is 52.9 Å². The van der Waals surface area contributed by atoms with Gasteiger partial charge in [0, 0.05) is 18.8 Å².